The van der Waals surface area contributed by atoms with Crippen molar-refractivity contribution in [3.05, 3.63) is 130 Å². The fraction of sp³-hybridized carbons (Fsp3) is 0.278. The third kappa shape index (κ3) is 8.96. The van der Waals surface area contributed by atoms with Gasteiger partial charge in [0, 0.05) is 24.5 Å². The number of para-hydroxylation sites is 1. The maximum Gasteiger partial charge on any atom is 0.264 e. The Morgan fingerprint density at radius 1 is 0.822 bits per heavy atom. The van der Waals surface area contributed by atoms with Crippen molar-refractivity contribution in [3.63, 3.8) is 0 Å². The number of hydrogen-bond acceptors (Lipinski definition) is 4. The molecule has 4 rings (SSSR count). The molecule has 0 unspecified atom stereocenters. The lowest BCUT2D eigenvalue weighted by Crippen LogP contribution is -2.53. The highest BCUT2D eigenvalue weighted by Crippen LogP contribution is 2.28. The van der Waals surface area contributed by atoms with Gasteiger partial charge in [-0.1, -0.05) is 103 Å². The third-order valence-corrected chi connectivity index (χ3v) is 9.66. The summed E-state index contributed by atoms with van der Waals surface area (Å²) >= 11 is 6.15. The summed E-state index contributed by atoms with van der Waals surface area (Å²) in [6.07, 6.45) is 1.96. The maximum absolute atomic E-state index is 14.5. The van der Waals surface area contributed by atoms with Crippen LogP contribution in [0.1, 0.15) is 42.0 Å². The Morgan fingerprint density at radius 3 is 2.11 bits per heavy atom. The van der Waals surface area contributed by atoms with Crippen LogP contribution in [0.15, 0.2) is 108 Å². The van der Waals surface area contributed by atoms with Crippen LogP contribution in [-0.2, 0) is 32.6 Å². The Bertz CT molecular complexity index is 1680. The Labute approximate surface area is 271 Å². The molecule has 0 saturated heterocycles. The molecule has 236 valence electrons. The van der Waals surface area contributed by atoms with Gasteiger partial charge in [0.1, 0.15) is 12.6 Å². The molecular weight excluding hydrogens is 606 g/mol. The first-order valence-corrected chi connectivity index (χ1v) is 16.9. The second-order valence-electron chi connectivity index (χ2n) is 11.1. The minimum atomic E-state index is -4.16. The first kappa shape index (κ1) is 33.7. The predicted molar refractivity (Wildman–Crippen MR) is 181 cm³/mol. The molecule has 2 amide bonds. The standard InChI is InChI=1S/C36H40ClN3O4S/c1-4-5-23-38-36(42)34(24-29-12-7-6-8-13-29)39(25-30-17-19-31(37)20-18-30)35(41)26-40(33-14-10-9-11-28(33)3)45(43,44)32-21-15-27(2)16-22-32/h6-22,34H,4-5,23-26H2,1-3H3,(H,38,42)/t34-/m0/s1. The first-order valence-electron chi connectivity index (χ1n) is 15.1. The van der Waals surface area contributed by atoms with E-state index in [0.717, 1.165) is 33.8 Å². The van der Waals surface area contributed by atoms with Crippen molar-refractivity contribution in [2.45, 2.75) is 57.5 Å². The van der Waals surface area contributed by atoms with Crippen molar-refractivity contribution in [1.29, 1.82) is 0 Å². The third-order valence-electron chi connectivity index (χ3n) is 7.64. The number of halogens is 1. The van der Waals surface area contributed by atoms with Crippen LogP contribution in [0, 0.1) is 13.8 Å². The molecule has 0 heterocycles. The van der Waals surface area contributed by atoms with Crippen LogP contribution in [0.4, 0.5) is 5.69 Å². The lowest BCUT2D eigenvalue weighted by atomic mass is 10.0. The van der Waals surface area contributed by atoms with E-state index in [-0.39, 0.29) is 23.8 Å². The Balaban J connectivity index is 1.79. The van der Waals surface area contributed by atoms with Gasteiger partial charge in [0.25, 0.3) is 10.0 Å². The topological polar surface area (TPSA) is 86.8 Å². The molecule has 0 aliphatic rings. The van der Waals surface area contributed by atoms with Crippen LogP contribution in [0.5, 0.6) is 0 Å². The van der Waals surface area contributed by atoms with Gasteiger partial charge in [-0.15, -0.1) is 0 Å². The number of carbonyl (C=O) groups excluding carboxylic acids is 2. The van der Waals surface area contributed by atoms with Crippen molar-refractivity contribution < 1.29 is 18.0 Å². The van der Waals surface area contributed by atoms with E-state index in [0.29, 0.717) is 22.8 Å². The summed E-state index contributed by atoms with van der Waals surface area (Å²) in [5.74, 6) is -0.797. The number of nitrogens with zero attached hydrogens (tertiary/aromatic N) is 2. The molecule has 0 saturated carbocycles. The normalized spacial score (nSPS) is 11.9. The van der Waals surface area contributed by atoms with Gasteiger partial charge in [0.15, 0.2) is 0 Å². The van der Waals surface area contributed by atoms with E-state index >= 15 is 0 Å². The Kier molecular flexibility index (Phi) is 11.8. The van der Waals surface area contributed by atoms with Gasteiger partial charge in [-0.25, -0.2) is 8.42 Å². The monoisotopic (exact) mass is 645 g/mol. The second kappa shape index (κ2) is 15.7. The summed E-state index contributed by atoms with van der Waals surface area (Å²) in [5, 5.41) is 3.55. The summed E-state index contributed by atoms with van der Waals surface area (Å²) in [6.45, 7) is 5.79. The number of carbonyl (C=O) groups is 2. The average molecular weight is 646 g/mol. The number of amides is 2. The van der Waals surface area contributed by atoms with E-state index in [4.69, 9.17) is 11.6 Å². The number of hydrogen-bond donors (Lipinski definition) is 1. The average Bonchev–Trinajstić information content (AvgIpc) is 3.03. The molecule has 0 aliphatic carbocycles. The fourth-order valence-corrected chi connectivity index (χ4v) is 6.65. The molecule has 7 nitrogen and oxygen atoms in total. The zero-order valence-electron chi connectivity index (χ0n) is 25.9. The van der Waals surface area contributed by atoms with E-state index < -0.39 is 28.5 Å². The smallest absolute Gasteiger partial charge is 0.264 e. The maximum atomic E-state index is 14.5. The first-order chi connectivity index (χ1) is 21.6. The zero-order chi connectivity index (χ0) is 32.4. The van der Waals surface area contributed by atoms with Crippen molar-refractivity contribution >= 4 is 39.1 Å². The van der Waals surface area contributed by atoms with Gasteiger partial charge in [-0.3, -0.25) is 13.9 Å². The van der Waals surface area contributed by atoms with E-state index in [1.165, 1.54) is 4.90 Å². The van der Waals surface area contributed by atoms with Crippen LogP contribution in [0.3, 0.4) is 0 Å². The number of benzene rings is 4. The lowest BCUT2D eigenvalue weighted by Gasteiger charge is -2.34. The van der Waals surface area contributed by atoms with Gasteiger partial charge < -0.3 is 10.2 Å². The molecule has 9 heteroatoms. The van der Waals surface area contributed by atoms with Crippen LogP contribution in [0.2, 0.25) is 5.02 Å². The highest BCUT2D eigenvalue weighted by atomic mass is 35.5. The molecule has 0 spiro atoms. The van der Waals surface area contributed by atoms with E-state index in [1.807, 2.05) is 63.2 Å². The molecule has 4 aromatic rings. The van der Waals surface area contributed by atoms with Crippen LogP contribution < -0.4 is 9.62 Å². The van der Waals surface area contributed by atoms with Gasteiger partial charge in [0.05, 0.1) is 10.6 Å². The summed E-state index contributed by atoms with van der Waals surface area (Å²) in [6, 6.07) is 29.3. The number of aryl methyl sites for hydroxylation is 2. The SMILES string of the molecule is CCCCNC(=O)[C@H](Cc1ccccc1)N(Cc1ccc(Cl)cc1)C(=O)CN(c1ccccc1C)S(=O)(=O)c1ccc(C)cc1. The summed E-state index contributed by atoms with van der Waals surface area (Å²) < 4.78 is 29.5. The van der Waals surface area contributed by atoms with Crippen molar-refractivity contribution in [2.24, 2.45) is 0 Å². The van der Waals surface area contributed by atoms with Gasteiger partial charge in [-0.2, -0.15) is 0 Å². The number of sulfonamides is 1. The van der Waals surface area contributed by atoms with E-state index in [9.17, 15) is 18.0 Å². The largest absolute Gasteiger partial charge is 0.354 e. The lowest BCUT2D eigenvalue weighted by molar-refractivity contribution is -0.140. The van der Waals surface area contributed by atoms with Crippen LogP contribution in [0.25, 0.3) is 0 Å². The van der Waals surface area contributed by atoms with Crippen LogP contribution in [-0.4, -0.2) is 44.3 Å². The molecule has 0 aliphatic heterocycles. The van der Waals surface area contributed by atoms with Crippen molar-refractivity contribution in [2.75, 3.05) is 17.4 Å². The number of rotatable bonds is 14. The zero-order valence-corrected chi connectivity index (χ0v) is 27.5. The van der Waals surface area contributed by atoms with Crippen LogP contribution >= 0.6 is 11.6 Å². The van der Waals surface area contributed by atoms with Crippen molar-refractivity contribution in [1.82, 2.24) is 10.2 Å². The highest BCUT2D eigenvalue weighted by Gasteiger charge is 2.35. The Morgan fingerprint density at radius 2 is 1.47 bits per heavy atom. The number of unbranched alkanes of at least 4 members (excludes halogenated alkanes) is 1. The predicted octanol–water partition coefficient (Wildman–Crippen LogP) is 6.71. The molecule has 0 fully saturated rings. The van der Waals surface area contributed by atoms with E-state index in [1.54, 1.807) is 60.7 Å². The second-order valence-corrected chi connectivity index (χ2v) is 13.4. The minimum Gasteiger partial charge on any atom is -0.354 e. The number of nitrogens with one attached hydrogen (secondary N) is 1. The fourth-order valence-electron chi connectivity index (χ4n) is 5.04. The molecule has 0 aromatic heterocycles. The highest BCUT2D eigenvalue weighted by molar-refractivity contribution is 7.92. The van der Waals surface area contributed by atoms with Gasteiger partial charge in [-0.05, 0) is 67.3 Å². The van der Waals surface area contributed by atoms with E-state index in [2.05, 4.69) is 5.32 Å². The molecule has 0 bridgehead atoms. The summed E-state index contributed by atoms with van der Waals surface area (Å²) in [5.41, 5.74) is 3.65. The minimum absolute atomic E-state index is 0.0755. The molecule has 45 heavy (non-hydrogen) atoms. The number of anilines is 1. The molecule has 1 N–H and O–H groups in total. The summed E-state index contributed by atoms with van der Waals surface area (Å²) in [4.78, 5) is 29.9. The molecule has 0 radical (unpaired) electrons. The van der Waals surface area contributed by atoms with Crippen molar-refractivity contribution in [3.8, 4) is 0 Å². The quantitative estimate of drug-likeness (QED) is 0.155. The van der Waals surface area contributed by atoms with Gasteiger partial charge >= 0.3 is 0 Å². The Hall–Kier alpha value is -4.14. The molecule has 4 aromatic carbocycles. The molecule has 1 atom stereocenters. The molecular formula is C36H40ClN3O4S. The summed E-state index contributed by atoms with van der Waals surface area (Å²) in [7, 11) is -4.16. The van der Waals surface area contributed by atoms with Gasteiger partial charge in [0.2, 0.25) is 11.8 Å².